The lowest BCUT2D eigenvalue weighted by Crippen LogP contribution is -2.30. The van der Waals surface area contributed by atoms with E-state index in [1.165, 1.54) is 20.9 Å². The number of anilines is 1. The van der Waals surface area contributed by atoms with Gasteiger partial charge in [-0.1, -0.05) is 42.5 Å². The highest BCUT2D eigenvalue weighted by Gasteiger charge is 2.16. The third kappa shape index (κ3) is 5.33. The number of nitrogens with two attached hydrogens (primary N) is 1. The third-order valence-electron chi connectivity index (χ3n) is 4.56. The summed E-state index contributed by atoms with van der Waals surface area (Å²) in [5.41, 5.74) is 9.87. The van der Waals surface area contributed by atoms with Crippen molar-refractivity contribution in [3.05, 3.63) is 64.4 Å². The van der Waals surface area contributed by atoms with Crippen LogP contribution in [0.1, 0.15) is 16.9 Å². The van der Waals surface area contributed by atoms with Gasteiger partial charge in [-0.2, -0.15) is 0 Å². The van der Waals surface area contributed by atoms with Gasteiger partial charge in [-0.05, 0) is 35.4 Å². The van der Waals surface area contributed by atoms with E-state index in [1.807, 2.05) is 0 Å². The number of nitrogens with zero attached hydrogens (tertiary/aromatic N) is 2. The number of thiazole rings is 1. The van der Waals surface area contributed by atoms with E-state index in [4.69, 9.17) is 5.73 Å². The van der Waals surface area contributed by atoms with Gasteiger partial charge in [0.25, 0.3) is 0 Å². The first kappa shape index (κ1) is 21.9. The molecule has 1 aliphatic rings. The van der Waals surface area contributed by atoms with E-state index in [0.717, 1.165) is 38.2 Å². The average molecular weight is 440 g/mol. The van der Waals surface area contributed by atoms with Crippen LogP contribution in [0.15, 0.2) is 53.9 Å². The fraction of sp³-hybridized carbons (Fsp3) is 0.250. The van der Waals surface area contributed by atoms with Crippen LogP contribution in [0, 0.1) is 0 Å². The first-order valence-electron chi connectivity index (χ1n) is 8.55. The van der Waals surface area contributed by atoms with Gasteiger partial charge in [0, 0.05) is 24.5 Å². The van der Waals surface area contributed by atoms with E-state index in [-0.39, 0.29) is 24.8 Å². The molecule has 0 saturated carbocycles. The topological polar surface area (TPSA) is 42.1 Å². The first-order chi connectivity index (χ1) is 12.3. The summed E-state index contributed by atoms with van der Waals surface area (Å²) in [5, 5.41) is 2.76. The summed E-state index contributed by atoms with van der Waals surface area (Å²) in [6.07, 6.45) is 4.50. The van der Waals surface area contributed by atoms with Crippen molar-refractivity contribution < 1.29 is 0 Å². The fourth-order valence-corrected chi connectivity index (χ4v) is 4.87. The summed E-state index contributed by atoms with van der Waals surface area (Å²) < 4.78 is 0. The lowest BCUT2D eigenvalue weighted by Gasteiger charge is -2.26. The van der Waals surface area contributed by atoms with Gasteiger partial charge < -0.3 is 5.73 Å². The van der Waals surface area contributed by atoms with Crippen molar-refractivity contribution in [2.24, 2.45) is 0 Å². The maximum Gasteiger partial charge on any atom is 0.180 e. The molecule has 3 nitrogen and oxygen atoms in total. The standard InChI is InChI=1S/C20H21N3S2.2ClH/c21-20-22-19(17-7-4-14-24-17)18(25-20)10-13-23-11-8-16(9-12-23)15-5-2-1-3-6-15;;/h1-8,14H,9-13H2,(H2,21,22);2*1H. The Labute approximate surface area is 180 Å². The lowest BCUT2D eigenvalue weighted by molar-refractivity contribution is 0.306. The number of hydrogen-bond donors (Lipinski definition) is 1. The minimum absolute atomic E-state index is 0. The number of thiophene rings is 1. The lowest BCUT2D eigenvalue weighted by atomic mass is 9.99. The molecule has 27 heavy (non-hydrogen) atoms. The highest BCUT2D eigenvalue weighted by Crippen LogP contribution is 2.33. The molecule has 0 spiro atoms. The molecule has 0 saturated heterocycles. The maximum atomic E-state index is 5.97. The van der Waals surface area contributed by atoms with Crippen LogP contribution < -0.4 is 5.73 Å². The summed E-state index contributed by atoms with van der Waals surface area (Å²) in [6.45, 7) is 3.19. The SMILES string of the molecule is Cl.Cl.Nc1nc(-c2cccs2)c(CCN2CC=C(c3ccccc3)CC2)s1. The zero-order chi connectivity index (χ0) is 17.1. The van der Waals surface area contributed by atoms with E-state index in [9.17, 15) is 0 Å². The molecule has 3 heterocycles. The van der Waals surface area contributed by atoms with Gasteiger partial charge in [-0.25, -0.2) is 4.98 Å². The van der Waals surface area contributed by atoms with Gasteiger partial charge in [0.15, 0.2) is 5.13 Å². The monoisotopic (exact) mass is 439 g/mol. The smallest absolute Gasteiger partial charge is 0.180 e. The minimum Gasteiger partial charge on any atom is -0.375 e. The van der Waals surface area contributed by atoms with Gasteiger partial charge in [-0.3, -0.25) is 4.90 Å². The molecule has 0 unspecified atom stereocenters. The third-order valence-corrected chi connectivity index (χ3v) is 6.38. The van der Waals surface area contributed by atoms with Crippen molar-refractivity contribution in [3.63, 3.8) is 0 Å². The van der Waals surface area contributed by atoms with Crippen LogP contribution in [0.2, 0.25) is 0 Å². The van der Waals surface area contributed by atoms with E-state index >= 15 is 0 Å². The van der Waals surface area contributed by atoms with Gasteiger partial charge in [-0.15, -0.1) is 47.5 Å². The van der Waals surface area contributed by atoms with E-state index in [1.54, 1.807) is 22.7 Å². The van der Waals surface area contributed by atoms with E-state index in [0.29, 0.717) is 5.13 Å². The quantitative estimate of drug-likeness (QED) is 0.559. The number of benzene rings is 1. The second-order valence-corrected chi connectivity index (χ2v) is 8.26. The maximum absolute atomic E-state index is 5.97. The molecule has 144 valence electrons. The molecule has 4 rings (SSSR count). The van der Waals surface area contributed by atoms with Crippen molar-refractivity contribution in [3.8, 4) is 10.6 Å². The van der Waals surface area contributed by atoms with Crippen LogP contribution in [-0.2, 0) is 6.42 Å². The molecule has 2 N–H and O–H groups in total. The molecule has 3 aromatic rings. The van der Waals surface area contributed by atoms with Crippen LogP contribution in [0.4, 0.5) is 5.13 Å². The molecule has 0 fully saturated rings. The number of hydrogen-bond acceptors (Lipinski definition) is 5. The average Bonchev–Trinajstić information content (AvgIpc) is 3.30. The molecule has 0 amide bonds. The Balaban J connectivity index is 0.00000131. The second-order valence-electron chi connectivity index (χ2n) is 6.20. The Morgan fingerprint density at radius 3 is 2.56 bits per heavy atom. The predicted molar refractivity (Wildman–Crippen MR) is 124 cm³/mol. The van der Waals surface area contributed by atoms with Crippen LogP contribution in [0.5, 0.6) is 0 Å². The first-order valence-corrected chi connectivity index (χ1v) is 10.2. The second kappa shape index (κ2) is 10.2. The number of aromatic nitrogens is 1. The number of halogens is 2. The highest BCUT2D eigenvalue weighted by atomic mass is 35.5. The number of nitrogen functional groups attached to an aromatic ring is 1. The van der Waals surface area contributed by atoms with Crippen LogP contribution >= 0.6 is 47.5 Å². The summed E-state index contributed by atoms with van der Waals surface area (Å²) in [7, 11) is 0. The van der Waals surface area contributed by atoms with Gasteiger partial charge in [0.05, 0.1) is 10.6 Å². The molecule has 7 heteroatoms. The Morgan fingerprint density at radius 2 is 1.89 bits per heavy atom. The van der Waals surface area contributed by atoms with Crippen molar-refractivity contribution in [2.75, 3.05) is 25.4 Å². The molecule has 2 aromatic heterocycles. The van der Waals surface area contributed by atoms with Crippen LogP contribution in [0.25, 0.3) is 16.1 Å². The summed E-state index contributed by atoms with van der Waals surface area (Å²) in [6, 6.07) is 14.9. The molecule has 0 radical (unpaired) electrons. The summed E-state index contributed by atoms with van der Waals surface area (Å²) in [4.78, 5) is 9.58. The van der Waals surface area contributed by atoms with Crippen molar-refractivity contribution in [1.29, 1.82) is 0 Å². The molecule has 0 bridgehead atoms. The zero-order valence-electron chi connectivity index (χ0n) is 14.8. The molecule has 1 aromatic carbocycles. The molecule has 0 aliphatic carbocycles. The summed E-state index contributed by atoms with van der Waals surface area (Å²) in [5.74, 6) is 0. The highest BCUT2D eigenvalue weighted by molar-refractivity contribution is 7.17. The predicted octanol–water partition coefficient (Wildman–Crippen LogP) is 5.63. The van der Waals surface area contributed by atoms with Crippen molar-refractivity contribution >= 4 is 58.2 Å². The molecular formula is C20H23Cl2N3S2. The van der Waals surface area contributed by atoms with Gasteiger partial charge >= 0.3 is 0 Å². The van der Waals surface area contributed by atoms with Gasteiger partial charge in [0.2, 0.25) is 0 Å². The molecule has 1 aliphatic heterocycles. The Bertz CT molecular complexity index is 861. The molecule has 0 atom stereocenters. The van der Waals surface area contributed by atoms with Crippen molar-refractivity contribution in [2.45, 2.75) is 12.8 Å². The normalized spacial score (nSPS) is 14.1. The minimum atomic E-state index is 0. The largest absolute Gasteiger partial charge is 0.375 e. The zero-order valence-corrected chi connectivity index (χ0v) is 18.1. The summed E-state index contributed by atoms with van der Waals surface area (Å²) >= 11 is 3.36. The van der Waals surface area contributed by atoms with E-state index < -0.39 is 0 Å². The Hall–Kier alpha value is -1.37. The molecular weight excluding hydrogens is 417 g/mol. The Morgan fingerprint density at radius 1 is 1.07 bits per heavy atom. The van der Waals surface area contributed by atoms with Crippen LogP contribution in [0.3, 0.4) is 0 Å². The number of rotatable bonds is 5. The van der Waals surface area contributed by atoms with Crippen molar-refractivity contribution in [1.82, 2.24) is 9.88 Å². The van der Waals surface area contributed by atoms with Crippen LogP contribution in [-0.4, -0.2) is 29.5 Å². The van der Waals surface area contributed by atoms with E-state index in [2.05, 4.69) is 63.8 Å². The van der Waals surface area contributed by atoms with Gasteiger partial charge in [0.1, 0.15) is 0 Å². The Kier molecular flexibility index (Phi) is 8.32. The fourth-order valence-electron chi connectivity index (χ4n) is 3.23.